The van der Waals surface area contributed by atoms with E-state index >= 15 is 0 Å². The van der Waals surface area contributed by atoms with Crippen molar-refractivity contribution in [3.05, 3.63) is 10.1 Å². The Labute approximate surface area is 90.2 Å². The molecule has 0 aromatic carbocycles. The summed E-state index contributed by atoms with van der Waals surface area (Å²) in [5.74, 6) is 0.208. The molecule has 0 amide bonds. The molecule has 0 saturated heterocycles. The highest BCUT2D eigenvalue weighted by molar-refractivity contribution is 5.79. The van der Waals surface area contributed by atoms with Crippen molar-refractivity contribution in [1.82, 2.24) is 0 Å². The third-order valence-corrected chi connectivity index (χ3v) is 3.26. The molecule has 0 radical (unpaired) electrons. The van der Waals surface area contributed by atoms with Gasteiger partial charge in [-0.05, 0) is 19.3 Å². The van der Waals surface area contributed by atoms with Crippen LogP contribution in [0.2, 0.25) is 0 Å². The van der Waals surface area contributed by atoms with Crippen LogP contribution in [-0.4, -0.2) is 17.3 Å². The lowest BCUT2D eigenvalue weighted by molar-refractivity contribution is -0.498. The zero-order chi connectivity index (χ0) is 11.3. The van der Waals surface area contributed by atoms with E-state index in [9.17, 15) is 14.9 Å². The zero-order valence-electron chi connectivity index (χ0n) is 9.33. The van der Waals surface area contributed by atoms with Gasteiger partial charge in [0.15, 0.2) is 0 Å². The molecule has 1 aliphatic carbocycles. The topological polar surface area (TPSA) is 60.2 Å². The maximum Gasteiger partial charge on any atom is 0.209 e. The van der Waals surface area contributed by atoms with Gasteiger partial charge >= 0.3 is 0 Å². The van der Waals surface area contributed by atoms with Crippen LogP contribution in [-0.2, 0) is 4.79 Å². The second kappa shape index (κ2) is 5.24. The normalized spacial score (nSPS) is 26.6. The van der Waals surface area contributed by atoms with Gasteiger partial charge in [0.1, 0.15) is 5.78 Å². The Bertz CT molecular complexity index is 248. The number of unbranched alkanes of at least 4 members (excludes halogenated alkanes) is 1. The van der Waals surface area contributed by atoms with Gasteiger partial charge in [-0.25, -0.2) is 0 Å². The van der Waals surface area contributed by atoms with Crippen molar-refractivity contribution in [2.75, 3.05) is 6.54 Å². The molecule has 86 valence electrons. The summed E-state index contributed by atoms with van der Waals surface area (Å²) in [6.07, 6.45) is 5.57. The third-order valence-electron chi connectivity index (χ3n) is 3.26. The minimum Gasteiger partial charge on any atom is -0.300 e. The Morgan fingerprint density at radius 3 is 2.80 bits per heavy atom. The third kappa shape index (κ3) is 3.61. The van der Waals surface area contributed by atoms with Crippen LogP contribution in [0.1, 0.15) is 51.9 Å². The van der Waals surface area contributed by atoms with Crippen LogP contribution >= 0.6 is 0 Å². The lowest BCUT2D eigenvalue weighted by Crippen LogP contribution is -2.35. The highest BCUT2D eigenvalue weighted by Crippen LogP contribution is 2.39. The lowest BCUT2D eigenvalue weighted by Gasteiger charge is -2.32. The maximum absolute atomic E-state index is 11.4. The summed E-state index contributed by atoms with van der Waals surface area (Å²) in [6.45, 7) is 2.04. The zero-order valence-corrected chi connectivity index (χ0v) is 9.33. The summed E-state index contributed by atoms with van der Waals surface area (Å²) in [5, 5.41) is 10.6. The minimum atomic E-state index is -0.325. The van der Waals surface area contributed by atoms with Crippen molar-refractivity contribution in [1.29, 1.82) is 0 Å². The van der Waals surface area contributed by atoms with Crippen LogP contribution in [0.3, 0.4) is 0 Å². The first-order valence-electron chi connectivity index (χ1n) is 5.71. The van der Waals surface area contributed by atoms with E-state index in [4.69, 9.17) is 0 Å². The van der Waals surface area contributed by atoms with Gasteiger partial charge in [-0.2, -0.15) is 0 Å². The summed E-state index contributed by atoms with van der Waals surface area (Å²) in [4.78, 5) is 21.8. The maximum atomic E-state index is 11.4. The summed E-state index contributed by atoms with van der Waals surface area (Å²) in [5.41, 5.74) is -0.325. The number of hydrogen-bond acceptors (Lipinski definition) is 3. The number of nitro groups is 1. The summed E-state index contributed by atoms with van der Waals surface area (Å²) < 4.78 is 0. The molecule has 0 aromatic heterocycles. The van der Waals surface area contributed by atoms with Gasteiger partial charge in [-0.3, -0.25) is 14.9 Å². The van der Waals surface area contributed by atoms with E-state index < -0.39 is 0 Å². The molecule has 0 unspecified atom stereocenters. The Hall–Kier alpha value is -0.930. The monoisotopic (exact) mass is 213 g/mol. The predicted octanol–water partition coefficient (Wildman–Crippen LogP) is 2.58. The average molecular weight is 213 g/mol. The van der Waals surface area contributed by atoms with Crippen molar-refractivity contribution in [3.8, 4) is 0 Å². The molecule has 15 heavy (non-hydrogen) atoms. The van der Waals surface area contributed by atoms with Gasteiger partial charge in [0.05, 0.1) is 0 Å². The highest BCUT2D eigenvalue weighted by atomic mass is 16.6. The molecule has 0 N–H and O–H groups in total. The van der Waals surface area contributed by atoms with Crippen molar-refractivity contribution in [2.45, 2.75) is 51.9 Å². The standard InChI is InChI=1S/C11H19NO3/c1-2-3-6-11(9-12(14)15)7-4-5-10(13)8-11/h2-9H2,1H3/t11-/m1/s1. The van der Waals surface area contributed by atoms with Crippen LogP contribution in [0.5, 0.6) is 0 Å². The molecule has 1 fully saturated rings. The number of hydrogen-bond donors (Lipinski definition) is 0. The van der Waals surface area contributed by atoms with Crippen LogP contribution in [0.15, 0.2) is 0 Å². The summed E-state index contributed by atoms with van der Waals surface area (Å²) in [7, 11) is 0. The number of nitrogens with zero attached hydrogens (tertiary/aromatic N) is 1. The van der Waals surface area contributed by atoms with Crippen molar-refractivity contribution >= 4 is 5.78 Å². The lowest BCUT2D eigenvalue weighted by atomic mass is 9.70. The van der Waals surface area contributed by atoms with E-state index in [1.54, 1.807) is 0 Å². The molecule has 1 atom stereocenters. The summed E-state index contributed by atoms with van der Waals surface area (Å²) >= 11 is 0. The van der Waals surface area contributed by atoms with Crippen molar-refractivity contribution < 1.29 is 9.72 Å². The second-order valence-corrected chi connectivity index (χ2v) is 4.66. The SMILES string of the molecule is CCCC[C@@]1(C[N+](=O)[O-])CCCC(=O)C1. The van der Waals surface area contributed by atoms with Crippen molar-refractivity contribution in [3.63, 3.8) is 0 Å². The van der Waals surface area contributed by atoms with Crippen LogP contribution in [0, 0.1) is 15.5 Å². The fourth-order valence-corrected chi connectivity index (χ4v) is 2.51. The molecule has 4 heteroatoms. The van der Waals surface area contributed by atoms with Gasteiger partial charge in [0.2, 0.25) is 6.54 Å². The first kappa shape index (κ1) is 12.1. The number of rotatable bonds is 5. The molecule has 0 aliphatic heterocycles. The summed E-state index contributed by atoms with van der Waals surface area (Å²) in [6, 6.07) is 0. The van der Waals surface area contributed by atoms with E-state index in [1.165, 1.54) is 0 Å². The van der Waals surface area contributed by atoms with Gasteiger partial charge in [0.25, 0.3) is 0 Å². The van der Waals surface area contributed by atoms with Crippen LogP contribution in [0.25, 0.3) is 0 Å². The smallest absolute Gasteiger partial charge is 0.209 e. The quantitative estimate of drug-likeness (QED) is 0.521. The first-order chi connectivity index (χ1) is 7.08. The molecular weight excluding hydrogens is 194 g/mol. The van der Waals surface area contributed by atoms with E-state index in [1.807, 2.05) is 0 Å². The molecule has 0 heterocycles. The Balaban J connectivity index is 2.65. The number of carbonyl (C=O) groups is 1. The van der Waals surface area contributed by atoms with E-state index in [2.05, 4.69) is 6.92 Å². The van der Waals surface area contributed by atoms with E-state index in [0.29, 0.717) is 12.8 Å². The average Bonchev–Trinajstić information content (AvgIpc) is 2.13. The molecule has 1 saturated carbocycles. The molecule has 0 bridgehead atoms. The Kier molecular flexibility index (Phi) is 4.24. The van der Waals surface area contributed by atoms with Gasteiger partial charge in [-0.15, -0.1) is 0 Å². The fraction of sp³-hybridized carbons (Fsp3) is 0.909. The Morgan fingerprint density at radius 1 is 1.53 bits per heavy atom. The molecule has 4 nitrogen and oxygen atoms in total. The van der Waals surface area contributed by atoms with Gasteiger partial charge in [0, 0.05) is 23.2 Å². The number of carbonyl (C=O) groups excluding carboxylic acids is 1. The molecule has 1 aliphatic rings. The van der Waals surface area contributed by atoms with Gasteiger partial charge < -0.3 is 0 Å². The van der Waals surface area contributed by atoms with E-state index in [-0.39, 0.29) is 22.7 Å². The predicted molar refractivity (Wildman–Crippen MR) is 57.3 cm³/mol. The highest BCUT2D eigenvalue weighted by Gasteiger charge is 2.39. The number of ketones is 1. The number of Topliss-reactive ketones (excluding diaryl/α,β-unsaturated/α-hetero) is 1. The minimum absolute atomic E-state index is 0.0290. The van der Waals surface area contributed by atoms with Crippen LogP contribution < -0.4 is 0 Å². The van der Waals surface area contributed by atoms with Gasteiger partial charge in [-0.1, -0.05) is 19.8 Å². The molecule has 0 aromatic rings. The molecular formula is C11H19NO3. The largest absolute Gasteiger partial charge is 0.300 e. The van der Waals surface area contributed by atoms with E-state index in [0.717, 1.165) is 32.1 Å². The second-order valence-electron chi connectivity index (χ2n) is 4.66. The molecule has 0 spiro atoms. The van der Waals surface area contributed by atoms with Crippen molar-refractivity contribution in [2.24, 2.45) is 5.41 Å². The molecule has 1 rings (SSSR count). The fourth-order valence-electron chi connectivity index (χ4n) is 2.51. The Morgan fingerprint density at radius 2 is 2.27 bits per heavy atom. The first-order valence-corrected chi connectivity index (χ1v) is 5.71. The van der Waals surface area contributed by atoms with Crippen LogP contribution in [0.4, 0.5) is 0 Å².